The van der Waals surface area contributed by atoms with Crippen LogP contribution < -0.4 is 15.0 Å². The van der Waals surface area contributed by atoms with Crippen LogP contribution in [0.25, 0.3) is 0 Å². The van der Waals surface area contributed by atoms with E-state index in [9.17, 15) is 31.1 Å². The summed E-state index contributed by atoms with van der Waals surface area (Å²) >= 11 is 0. The fourth-order valence-corrected chi connectivity index (χ4v) is 2.44. The molecule has 0 atom stereocenters. The highest BCUT2D eigenvalue weighted by molar-refractivity contribution is 6.00. The highest BCUT2D eigenvalue weighted by Gasteiger charge is 2.33. The molecule has 0 radical (unpaired) electrons. The zero-order valence-corrected chi connectivity index (χ0v) is 16.0. The Balaban J connectivity index is 1.90. The minimum absolute atomic E-state index is 0.0102. The molecule has 3 rings (SSSR count). The van der Waals surface area contributed by atoms with Crippen molar-refractivity contribution in [2.75, 3.05) is 17.3 Å². The SMILES string of the molecule is COc1ncc(N(Cc2cc(C(F)(F)F)[nH]n2)C(=O)Nc2ccc(F)c(C(F)F)n2)cn1. The van der Waals surface area contributed by atoms with Gasteiger partial charge in [0.05, 0.1) is 37.4 Å². The van der Waals surface area contributed by atoms with Crippen LogP contribution in [0.2, 0.25) is 0 Å². The molecule has 0 spiro atoms. The number of anilines is 2. The van der Waals surface area contributed by atoms with E-state index in [2.05, 4.69) is 25.4 Å². The Bertz CT molecular complexity index is 1090. The molecule has 2 N–H and O–H groups in total. The Kier molecular flexibility index (Phi) is 6.45. The maximum atomic E-state index is 13.4. The van der Waals surface area contributed by atoms with E-state index in [1.165, 1.54) is 7.11 Å². The van der Waals surface area contributed by atoms with Gasteiger partial charge in [-0.1, -0.05) is 0 Å². The minimum atomic E-state index is -4.69. The molecule has 0 aliphatic carbocycles. The molecule has 0 unspecified atom stereocenters. The second-order valence-electron chi connectivity index (χ2n) is 6.08. The molecule has 170 valence electrons. The first-order valence-corrected chi connectivity index (χ1v) is 8.59. The Hall–Kier alpha value is -3.91. The number of aromatic nitrogens is 5. The van der Waals surface area contributed by atoms with Crippen molar-refractivity contribution in [3.05, 3.63) is 53.5 Å². The number of methoxy groups -OCH3 is 1. The smallest absolute Gasteiger partial charge is 0.432 e. The Labute approximate surface area is 175 Å². The number of hydrogen-bond donors (Lipinski definition) is 2. The van der Waals surface area contributed by atoms with Crippen molar-refractivity contribution in [2.45, 2.75) is 19.1 Å². The lowest BCUT2D eigenvalue weighted by Gasteiger charge is -2.21. The molecule has 3 aromatic rings. The fourth-order valence-electron chi connectivity index (χ4n) is 2.44. The maximum absolute atomic E-state index is 13.4. The van der Waals surface area contributed by atoms with Crippen LogP contribution in [0.5, 0.6) is 6.01 Å². The van der Waals surface area contributed by atoms with Gasteiger partial charge in [0.1, 0.15) is 17.2 Å². The van der Waals surface area contributed by atoms with Crippen molar-refractivity contribution in [3.8, 4) is 6.01 Å². The van der Waals surface area contributed by atoms with E-state index < -0.39 is 48.2 Å². The number of halogens is 6. The van der Waals surface area contributed by atoms with E-state index in [0.717, 1.165) is 23.4 Å². The monoisotopic (exact) mass is 461 g/mol. The number of pyridine rings is 1. The van der Waals surface area contributed by atoms with Crippen molar-refractivity contribution in [1.29, 1.82) is 0 Å². The third-order valence-electron chi connectivity index (χ3n) is 3.93. The van der Waals surface area contributed by atoms with E-state index in [1.807, 2.05) is 5.10 Å². The molecule has 0 saturated heterocycles. The second-order valence-corrected chi connectivity index (χ2v) is 6.08. The van der Waals surface area contributed by atoms with Gasteiger partial charge in [-0.25, -0.2) is 32.9 Å². The second kappa shape index (κ2) is 9.07. The quantitative estimate of drug-likeness (QED) is 0.539. The number of rotatable bonds is 6. The van der Waals surface area contributed by atoms with Crippen LogP contribution in [0.4, 0.5) is 42.6 Å². The summed E-state index contributed by atoms with van der Waals surface area (Å²) in [5, 5.41) is 7.51. The van der Waals surface area contributed by atoms with Crippen molar-refractivity contribution in [2.24, 2.45) is 0 Å². The molecule has 15 heteroatoms. The lowest BCUT2D eigenvalue weighted by Crippen LogP contribution is -2.35. The molecule has 3 aromatic heterocycles. The number of ether oxygens (including phenoxy) is 1. The van der Waals surface area contributed by atoms with Gasteiger partial charge in [0.2, 0.25) is 0 Å². The summed E-state index contributed by atoms with van der Waals surface area (Å²) in [6, 6.07) is 1.27. The topological polar surface area (TPSA) is 109 Å². The largest absolute Gasteiger partial charge is 0.467 e. The number of carbonyl (C=O) groups excluding carboxylic acids is 1. The van der Waals surface area contributed by atoms with E-state index in [1.54, 1.807) is 0 Å². The third-order valence-corrected chi connectivity index (χ3v) is 3.93. The van der Waals surface area contributed by atoms with Crippen molar-refractivity contribution in [1.82, 2.24) is 25.1 Å². The molecular formula is C17H13F6N7O2. The maximum Gasteiger partial charge on any atom is 0.432 e. The highest BCUT2D eigenvalue weighted by atomic mass is 19.4. The number of nitrogens with one attached hydrogen (secondary N) is 2. The third kappa shape index (κ3) is 5.22. The predicted molar refractivity (Wildman–Crippen MR) is 96.5 cm³/mol. The van der Waals surface area contributed by atoms with Crippen LogP contribution in [-0.2, 0) is 12.7 Å². The standard InChI is InChI=1S/C17H13F6N7O2/c1-32-15-24-5-9(6-25-15)30(7-8-4-11(29-28-8)17(21,22)23)16(31)27-12-3-2-10(18)13(26-12)14(19)20/h2-6,14H,7H2,1H3,(H,28,29)(H,26,27,31). The van der Waals surface area contributed by atoms with Gasteiger partial charge in [0, 0.05) is 0 Å². The number of nitrogens with zero attached hydrogens (tertiary/aromatic N) is 5. The van der Waals surface area contributed by atoms with Crippen molar-refractivity contribution >= 4 is 17.5 Å². The van der Waals surface area contributed by atoms with Gasteiger partial charge in [0.15, 0.2) is 5.82 Å². The number of carbonyl (C=O) groups is 1. The summed E-state index contributed by atoms with van der Waals surface area (Å²) in [7, 11) is 1.29. The molecule has 0 aliphatic rings. The van der Waals surface area contributed by atoms with Crippen LogP contribution in [0.15, 0.2) is 30.6 Å². The van der Waals surface area contributed by atoms with Crippen LogP contribution in [-0.4, -0.2) is 38.3 Å². The van der Waals surface area contributed by atoms with Crippen LogP contribution >= 0.6 is 0 Å². The zero-order valence-electron chi connectivity index (χ0n) is 16.0. The van der Waals surface area contributed by atoms with Gasteiger partial charge < -0.3 is 4.74 Å². The van der Waals surface area contributed by atoms with Gasteiger partial charge in [0.25, 0.3) is 6.43 Å². The van der Waals surface area contributed by atoms with Gasteiger partial charge in [-0.2, -0.15) is 18.3 Å². The number of H-pyrrole nitrogens is 1. The molecule has 0 fully saturated rings. The highest BCUT2D eigenvalue weighted by Crippen LogP contribution is 2.28. The number of alkyl halides is 5. The molecule has 0 saturated carbocycles. The first-order valence-electron chi connectivity index (χ1n) is 8.59. The van der Waals surface area contributed by atoms with Gasteiger partial charge in [-0.05, 0) is 18.2 Å². The minimum Gasteiger partial charge on any atom is -0.467 e. The van der Waals surface area contributed by atoms with Crippen LogP contribution in [0, 0.1) is 5.82 Å². The van der Waals surface area contributed by atoms with E-state index in [0.29, 0.717) is 12.1 Å². The van der Waals surface area contributed by atoms with Gasteiger partial charge >= 0.3 is 18.2 Å². The lowest BCUT2D eigenvalue weighted by atomic mass is 10.3. The summed E-state index contributed by atoms with van der Waals surface area (Å²) in [5.41, 5.74) is -2.48. The van der Waals surface area contributed by atoms with Crippen molar-refractivity contribution < 1.29 is 35.9 Å². The van der Waals surface area contributed by atoms with E-state index in [4.69, 9.17) is 4.74 Å². The lowest BCUT2D eigenvalue weighted by molar-refractivity contribution is -0.141. The predicted octanol–water partition coefficient (Wildman–Crippen LogP) is 3.94. The Morgan fingerprint density at radius 3 is 2.50 bits per heavy atom. The summed E-state index contributed by atoms with van der Waals surface area (Å²) in [6.45, 7) is -0.489. The zero-order chi connectivity index (χ0) is 23.5. The first kappa shape index (κ1) is 22.8. The molecular weight excluding hydrogens is 448 g/mol. The van der Waals surface area contributed by atoms with Gasteiger partial charge in [-0.3, -0.25) is 15.3 Å². The normalized spacial score (nSPS) is 11.5. The van der Waals surface area contributed by atoms with Crippen LogP contribution in [0.1, 0.15) is 23.5 Å². The summed E-state index contributed by atoms with van der Waals surface area (Å²) in [6.07, 6.45) is -5.63. The number of aromatic amines is 1. The first-order chi connectivity index (χ1) is 15.1. The summed E-state index contributed by atoms with van der Waals surface area (Å²) in [5.74, 6) is -1.68. The number of urea groups is 1. The van der Waals surface area contributed by atoms with Crippen LogP contribution in [0.3, 0.4) is 0 Å². The Morgan fingerprint density at radius 1 is 1.25 bits per heavy atom. The van der Waals surface area contributed by atoms with E-state index in [-0.39, 0.29) is 17.4 Å². The van der Waals surface area contributed by atoms with Gasteiger partial charge in [-0.15, -0.1) is 0 Å². The summed E-state index contributed by atoms with van der Waals surface area (Å²) in [4.78, 5) is 24.6. The van der Waals surface area contributed by atoms with E-state index >= 15 is 0 Å². The molecule has 2 amide bonds. The number of amides is 2. The molecule has 0 bridgehead atoms. The molecule has 3 heterocycles. The molecule has 9 nitrogen and oxygen atoms in total. The summed E-state index contributed by atoms with van der Waals surface area (Å²) < 4.78 is 82.5. The molecule has 32 heavy (non-hydrogen) atoms. The average molecular weight is 461 g/mol. The number of hydrogen-bond acceptors (Lipinski definition) is 6. The fraction of sp³-hybridized carbons (Fsp3) is 0.235. The van der Waals surface area contributed by atoms with Crippen molar-refractivity contribution in [3.63, 3.8) is 0 Å². The molecule has 0 aromatic carbocycles. The average Bonchev–Trinajstić information content (AvgIpc) is 3.22. The Morgan fingerprint density at radius 2 is 1.94 bits per heavy atom. The molecule has 0 aliphatic heterocycles.